The summed E-state index contributed by atoms with van der Waals surface area (Å²) in [5.41, 5.74) is 4.92. The number of piperidine rings is 1. The van der Waals surface area contributed by atoms with Crippen LogP contribution in [0.25, 0.3) is 11.1 Å². The molecule has 1 aliphatic carbocycles. The van der Waals surface area contributed by atoms with E-state index in [1.807, 2.05) is 24.3 Å². The molecule has 1 unspecified atom stereocenters. The third-order valence-corrected chi connectivity index (χ3v) is 5.37. The Hall–Kier alpha value is -2.33. The summed E-state index contributed by atoms with van der Waals surface area (Å²) < 4.78 is 5.68. The molecule has 0 radical (unpaired) electrons. The Balaban J connectivity index is 1.49. The van der Waals surface area contributed by atoms with E-state index >= 15 is 0 Å². The molecule has 1 N–H and O–H groups in total. The highest BCUT2D eigenvalue weighted by Crippen LogP contribution is 2.44. The number of aliphatic hydroxyl groups excluding tert-OH is 1. The summed E-state index contributed by atoms with van der Waals surface area (Å²) >= 11 is 0. The molecule has 25 heavy (non-hydrogen) atoms. The van der Waals surface area contributed by atoms with E-state index in [0.29, 0.717) is 19.7 Å². The molecular weight excluding hydrogens is 314 g/mol. The van der Waals surface area contributed by atoms with Gasteiger partial charge in [0.1, 0.15) is 6.61 Å². The molecular formula is C21H23NO3. The monoisotopic (exact) mass is 337 g/mol. The van der Waals surface area contributed by atoms with Crippen LogP contribution in [0, 0.1) is 5.92 Å². The highest BCUT2D eigenvalue weighted by Gasteiger charge is 2.30. The van der Waals surface area contributed by atoms with Gasteiger partial charge in [0.25, 0.3) is 0 Å². The lowest BCUT2D eigenvalue weighted by Crippen LogP contribution is -2.41. The van der Waals surface area contributed by atoms with Crippen LogP contribution in [0.2, 0.25) is 0 Å². The molecule has 0 spiro atoms. The Morgan fingerprint density at radius 1 is 1.08 bits per heavy atom. The van der Waals surface area contributed by atoms with Gasteiger partial charge < -0.3 is 14.7 Å². The second-order valence-electron chi connectivity index (χ2n) is 6.94. The van der Waals surface area contributed by atoms with Crippen molar-refractivity contribution >= 4 is 6.09 Å². The maximum atomic E-state index is 12.5. The van der Waals surface area contributed by atoms with E-state index in [1.165, 1.54) is 22.3 Å². The smallest absolute Gasteiger partial charge is 0.409 e. The predicted octanol–water partition coefficient (Wildman–Crippen LogP) is 3.64. The van der Waals surface area contributed by atoms with Gasteiger partial charge in [0.05, 0.1) is 0 Å². The summed E-state index contributed by atoms with van der Waals surface area (Å²) in [6.45, 7) is 1.79. The summed E-state index contributed by atoms with van der Waals surface area (Å²) in [6, 6.07) is 16.7. The van der Waals surface area contributed by atoms with E-state index in [1.54, 1.807) is 4.90 Å². The van der Waals surface area contributed by atoms with Gasteiger partial charge in [0.2, 0.25) is 0 Å². The van der Waals surface area contributed by atoms with Crippen LogP contribution >= 0.6 is 0 Å². The molecule has 1 aliphatic heterocycles. The third-order valence-electron chi connectivity index (χ3n) is 5.37. The van der Waals surface area contributed by atoms with Gasteiger partial charge in [-0.15, -0.1) is 0 Å². The van der Waals surface area contributed by atoms with Gasteiger partial charge in [-0.3, -0.25) is 0 Å². The third kappa shape index (κ3) is 3.02. The van der Waals surface area contributed by atoms with Crippen molar-refractivity contribution in [2.24, 2.45) is 5.92 Å². The van der Waals surface area contributed by atoms with Gasteiger partial charge in [-0.2, -0.15) is 0 Å². The molecule has 0 bridgehead atoms. The molecule has 4 heteroatoms. The van der Waals surface area contributed by atoms with Crippen LogP contribution in [0.1, 0.15) is 29.9 Å². The van der Waals surface area contributed by atoms with Crippen LogP contribution in [0.15, 0.2) is 48.5 Å². The number of ether oxygens (including phenoxy) is 1. The standard InChI is InChI=1S/C21H23NO3/c23-13-15-6-5-11-22(12-15)21(24)25-14-20-18-9-3-1-7-16(18)17-8-2-4-10-19(17)20/h1-4,7-10,15,20,23H,5-6,11-14H2. The maximum absolute atomic E-state index is 12.5. The Labute approximate surface area is 148 Å². The quantitative estimate of drug-likeness (QED) is 0.930. The van der Waals surface area contributed by atoms with Crippen LogP contribution in [0.4, 0.5) is 4.79 Å². The summed E-state index contributed by atoms with van der Waals surface area (Å²) in [6.07, 6.45) is 1.64. The Kier molecular flexibility index (Phi) is 4.45. The molecule has 1 atom stereocenters. The first kappa shape index (κ1) is 16.2. The number of aliphatic hydroxyl groups is 1. The molecule has 130 valence electrons. The van der Waals surface area contributed by atoms with Crippen LogP contribution in [-0.4, -0.2) is 42.4 Å². The fourth-order valence-corrected chi connectivity index (χ4v) is 4.07. The first-order valence-electron chi connectivity index (χ1n) is 8.98. The zero-order valence-corrected chi connectivity index (χ0v) is 14.2. The topological polar surface area (TPSA) is 49.8 Å². The zero-order valence-electron chi connectivity index (χ0n) is 14.2. The Morgan fingerprint density at radius 3 is 2.36 bits per heavy atom. The number of likely N-dealkylation sites (tertiary alicyclic amines) is 1. The Morgan fingerprint density at radius 2 is 1.72 bits per heavy atom. The normalized spacial score (nSPS) is 19.4. The van der Waals surface area contributed by atoms with E-state index in [9.17, 15) is 9.90 Å². The average molecular weight is 337 g/mol. The van der Waals surface area contributed by atoms with E-state index in [0.717, 1.165) is 12.8 Å². The molecule has 0 saturated carbocycles. The van der Waals surface area contributed by atoms with Crippen molar-refractivity contribution in [1.29, 1.82) is 0 Å². The number of hydrogen-bond acceptors (Lipinski definition) is 3. The summed E-state index contributed by atoms with van der Waals surface area (Å²) in [7, 11) is 0. The minimum atomic E-state index is -0.264. The van der Waals surface area contributed by atoms with E-state index in [4.69, 9.17) is 4.74 Å². The van der Waals surface area contributed by atoms with Gasteiger partial charge >= 0.3 is 6.09 Å². The number of carbonyl (C=O) groups is 1. The predicted molar refractivity (Wildman–Crippen MR) is 96.5 cm³/mol. The van der Waals surface area contributed by atoms with Gasteiger partial charge in [-0.1, -0.05) is 48.5 Å². The van der Waals surface area contributed by atoms with Crippen LogP contribution in [-0.2, 0) is 4.74 Å². The molecule has 1 fully saturated rings. The molecule has 1 amide bonds. The molecule has 1 saturated heterocycles. The molecule has 1 heterocycles. The number of benzene rings is 2. The van der Waals surface area contributed by atoms with Crippen molar-refractivity contribution in [3.05, 3.63) is 59.7 Å². The molecule has 4 nitrogen and oxygen atoms in total. The molecule has 4 rings (SSSR count). The molecule has 2 aliphatic rings. The lowest BCUT2D eigenvalue weighted by atomic mass is 9.98. The molecule has 2 aromatic rings. The van der Waals surface area contributed by atoms with E-state index < -0.39 is 0 Å². The number of carbonyl (C=O) groups excluding carboxylic acids is 1. The first-order valence-corrected chi connectivity index (χ1v) is 8.98. The largest absolute Gasteiger partial charge is 0.448 e. The average Bonchev–Trinajstić information content (AvgIpc) is 3.00. The van der Waals surface area contributed by atoms with Crippen molar-refractivity contribution in [3.8, 4) is 11.1 Å². The first-order chi connectivity index (χ1) is 12.3. The lowest BCUT2D eigenvalue weighted by molar-refractivity contribution is 0.0713. The summed E-state index contributed by atoms with van der Waals surface area (Å²) in [5.74, 6) is 0.268. The van der Waals surface area contributed by atoms with Gasteiger partial charge in [0.15, 0.2) is 0 Å². The van der Waals surface area contributed by atoms with Crippen LogP contribution in [0.5, 0.6) is 0 Å². The van der Waals surface area contributed by atoms with Crippen molar-refractivity contribution < 1.29 is 14.6 Å². The zero-order chi connectivity index (χ0) is 17.2. The maximum Gasteiger partial charge on any atom is 0.409 e. The van der Waals surface area contributed by atoms with Crippen molar-refractivity contribution in [2.45, 2.75) is 18.8 Å². The molecule has 2 aromatic carbocycles. The summed E-state index contributed by atoms with van der Waals surface area (Å²) in [4.78, 5) is 14.2. The van der Waals surface area contributed by atoms with Crippen molar-refractivity contribution in [3.63, 3.8) is 0 Å². The van der Waals surface area contributed by atoms with E-state index in [2.05, 4.69) is 24.3 Å². The van der Waals surface area contributed by atoms with Gasteiger partial charge in [-0.25, -0.2) is 4.79 Å². The fourth-order valence-electron chi connectivity index (χ4n) is 4.07. The van der Waals surface area contributed by atoms with E-state index in [-0.39, 0.29) is 24.5 Å². The minimum absolute atomic E-state index is 0.0924. The SMILES string of the molecule is O=C(OCC1c2ccccc2-c2ccccc21)N1CCCC(CO)C1. The lowest BCUT2D eigenvalue weighted by Gasteiger charge is -2.31. The fraction of sp³-hybridized carbons (Fsp3) is 0.381. The van der Waals surface area contributed by atoms with Crippen molar-refractivity contribution in [2.75, 3.05) is 26.3 Å². The number of amides is 1. The van der Waals surface area contributed by atoms with Crippen LogP contribution in [0.3, 0.4) is 0 Å². The number of fused-ring (bicyclic) bond motifs is 3. The van der Waals surface area contributed by atoms with Crippen molar-refractivity contribution in [1.82, 2.24) is 4.90 Å². The minimum Gasteiger partial charge on any atom is -0.448 e. The highest BCUT2D eigenvalue weighted by atomic mass is 16.6. The van der Waals surface area contributed by atoms with Gasteiger partial charge in [0, 0.05) is 25.6 Å². The second kappa shape index (κ2) is 6.89. The number of rotatable bonds is 3. The number of nitrogens with zero attached hydrogens (tertiary/aromatic N) is 1. The molecule has 0 aromatic heterocycles. The Bertz CT molecular complexity index is 728. The highest BCUT2D eigenvalue weighted by molar-refractivity contribution is 5.79. The van der Waals surface area contributed by atoms with Gasteiger partial charge in [-0.05, 0) is 41.0 Å². The summed E-state index contributed by atoms with van der Waals surface area (Å²) in [5, 5.41) is 9.33. The number of hydrogen-bond donors (Lipinski definition) is 1. The van der Waals surface area contributed by atoms with Crippen LogP contribution < -0.4 is 0 Å². The second-order valence-corrected chi connectivity index (χ2v) is 6.94.